The maximum Gasteiger partial charge on any atom is 0.354 e. The van der Waals surface area contributed by atoms with Crippen LogP contribution in [0.25, 0.3) is 0 Å². The van der Waals surface area contributed by atoms with Gasteiger partial charge < -0.3 is 14.9 Å². The van der Waals surface area contributed by atoms with E-state index >= 15 is 0 Å². The topological polar surface area (TPSA) is 114 Å². The molecule has 1 saturated heterocycles. The van der Waals surface area contributed by atoms with Gasteiger partial charge in [-0.1, -0.05) is 55.9 Å². The van der Waals surface area contributed by atoms with Gasteiger partial charge in [-0.2, -0.15) is 0 Å². The zero-order valence-corrected chi connectivity index (χ0v) is 19.7. The van der Waals surface area contributed by atoms with Gasteiger partial charge >= 0.3 is 5.97 Å². The maximum absolute atomic E-state index is 12.6. The molecule has 0 saturated carbocycles. The Balaban J connectivity index is 2.13. The molecule has 0 radical (unpaired) electrons. The summed E-state index contributed by atoms with van der Waals surface area (Å²) in [6.45, 7) is 1.31. The number of ketones is 1. The molecule has 3 atom stereocenters. The second-order valence-electron chi connectivity index (χ2n) is 5.81. The summed E-state index contributed by atoms with van der Waals surface area (Å²) >= 11 is 21.0. The van der Waals surface area contributed by atoms with E-state index in [1.54, 1.807) is 13.0 Å². The SMILES string of the molecule is CON=C(C(=O)CBr)C(=O)NC1C(=O)N2C(C(=O)OCC(Cl)(Cl)Cl)=CC(C)S[C@H]12. The van der Waals surface area contributed by atoms with Gasteiger partial charge in [0.2, 0.25) is 15.3 Å². The molecule has 2 heterocycles. The highest BCUT2D eigenvalue weighted by molar-refractivity contribution is 9.09. The summed E-state index contributed by atoms with van der Waals surface area (Å²) in [5, 5.41) is 4.97. The number of Topliss-reactive ketones (excluding diaryl/α,β-unsaturated/α-hetero) is 1. The summed E-state index contributed by atoms with van der Waals surface area (Å²) in [7, 11) is 1.18. The molecule has 2 amide bonds. The number of halogens is 4. The Kier molecular flexibility index (Phi) is 8.25. The Labute approximate surface area is 193 Å². The molecule has 0 bridgehead atoms. The van der Waals surface area contributed by atoms with Crippen LogP contribution in [0.5, 0.6) is 0 Å². The van der Waals surface area contributed by atoms with Crippen LogP contribution in [0.3, 0.4) is 0 Å². The van der Waals surface area contributed by atoms with Crippen molar-refractivity contribution < 1.29 is 28.8 Å². The van der Waals surface area contributed by atoms with E-state index in [-0.39, 0.29) is 16.3 Å². The van der Waals surface area contributed by atoms with Gasteiger partial charge in [-0.25, -0.2) is 4.79 Å². The number of carbonyl (C=O) groups excluding carboxylic acids is 4. The standard InChI is InChI=1S/C15H15BrCl3N3O6S/c1-6-3-7(14(26)28-5-15(17,18)19)22-12(25)10(13(22)29-6)20-11(24)9(21-27-2)8(23)4-16/h3,6,10,13H,4-5H2,1-2H3,(H,20,24)/t6?,10?,13-/m1/s1. The predicted octanol–water partition coefficient (Wildman–Crippen LogP) is 1.54. The Bertz CT molecular complexity index is 788. The largest absolute Gasteiger partial charge is 0.456 e. The number of nitrogens with one attached hydrogen (secondary N) is 1. The third-order valence-corrected chi connectivity index (χ3v) is 5.86. The van der Waals surface area contributed by atoms with Crippen molar-refractivity contribution in [3.8, 4) is 0 Å². The quantitative estimate of drug-likeness (QED) is 0.128. The van der Waals surface area contributed by atoms with E-state index in [2.05, 4.69) is 31.2 Å². The number of carbonyl (C=O) groups is 4. The first-order chi connectivity index (χ1) is 13.5. The fourth-order valence-corrected chi connectivity index (χ4v) is 4.28. The first kappa shape index (κ1) is 24.3. The van der Waals surface area contributed by atoms with Crippen molar-refractivity contribution >= 4 is 91.8 Å². The minimum Gasteiger partial charge on any atom is -0.456 e. The predicted molar refractivity (Wildman–Crippen MR) is 112 cm³/mol. The molecule has 0 aliphatic carbocycles. The van der Waals surface area contributed by atoms with Crippen LogP contribution in [0, 0.1) is 0 Å². The van der Waals surface area contributed by atoms with Crippen LogP contribution in [0.4, 0.5) is 0 Å². The first-order valence-corrected chi connectivity index (χ1v) is 11.2. The van der Waals surface area contributed by atoms with Gasteiger partial charge in [-0.05, 0) is 13.0 Å². The molecule has 1 fully saturated rings. The van der Waals surface area contributed by atoms with Gasteiger partial charge in [-0.3, -0.25) is 19.3 Å². The van der Waals surface area contributed by atoms with E-state index in [1.165, 1.54) is 23.8 Å². The lowest BCUT2D eigenvalue weighted by Crippen LogP contribution is -2.71. The summed E-state index contributed by atoms with van der Waals surface area (Å²) in [4.78, 5) is 54.8. The molecule has 29 heavy (non-hydrogen) atoms. The lowest BCUT2D eigenvalue weighted by molar-refractivity contribution is -0.152. The number of ether oxygens (including phenoxy) is 1. The normalized spacial score (nSPS) is 24.1. The van der Waals surface area contributed by atoms with Gasteiger partial charge in [-0.15, -0.1) is 11.8 Å². The monoisotopic (exact) mass is 549 g/mol. The van der Waals surface area contributed by atoms with Crippen molar-refractivity contribution in [1.29, 1.82) is 0 Å². The number of fused-ring (bicyclic) bond motifs is 1. The number of rotatable bonds is 7. The Morgan fingerprint density at radius 2 is 2.03 bits per heavy atom. The van der Waals surface area contributed by atoms with Crippen molar-refractivity contribution in [2.75, 3.05) is 19.0 Å². The van der Waals surface area contributed by atoms with E-state index in [0.29, 0.717) is 0 Å². The average molecular weight is 552 g/mol. The van der Waals surface area contributed by atoms with E-state index in [4.69, 9.17) is 39.5 Å². The third-order valence-electron chi connectivity index (χ3n) is 3.70. The molecular formula is C15H15BrCl3N3O6S. The van der Waals surface area contributed by atoms with Crippen molar-refractivity contribution in [3.63, 3.8) is 0 Å². The highest BCUT2D eigenvalue weighted by Crippen LogP contribution is 2.41. The average Bonchev–Trinajstić information content (AvgIpc) is 2.66. The van der Waals surface area contributed by atoms with Crippen LogP contribution < -0.4 is 5.32 Å². The summed E-state index contributed by atoms with van der Waals surface area (Å²) < 4.78 is 3.16. The van der Waals surface area contributed by atoms with Crippen LogP contribution >= 0.6 is 62.5 Å². The molecule has 0 spiro atoms. The number of esters is 1. The molecule has 14 heteroatoms. The number of alkyl halides is 4. The second kappa shape index (κ2) is 9.86. The van der Waals surface area contributed by atoms with Crippen LogP contribution in [-0.4, -0.2) is 73.7 Å². The third kappa shape index (κ3) is 5.78. The van der Waals surface area contributed by atoms with Crippen LogP contribution in [0.2, 0.25) is 0 Å². The number of hydrogen-bond donors (Lipinski definition) is 1. The fraction of sp³-hybridized carbons (Fsp3) is 0.533. The molecule has 2 aliphatic heterocycles. The zero-order valence-electron chi connectivity index (χ0n) is 15.0. The highest BCUT2D eigenvalue weighted by atomic mass is 79.9. The minimum absolute atomic E-state index is 0.00619. The van der Waals surface area contributed by atoms with E-state index < -0.39 is 51.1 Å². The summed E-state index contributed by atoms with van der Waals surface area (Å²) in [6.07, 6.45) is 1.55. The lowest BCUT2D eigenvalue weighted by atomic mass is 10.0. The zero-order chi connectivity index (χ0) is 21.9. The number of nitrogens with zero attached hydrogens (tertiary/aromatic N) is 2. The number of thioether (sulfide) groups is 1. The summed E-state index contributed by atoms with van der Waals surface area (Å²) in [5.74, 6) is -2.86. The minimum atomic E-state index is -1.79. The molecular weight excluding hydrogens is 537 g/mol. The van der Waals surface area contributed by atoms with Crippen LogP contribution in [0.15, 0.2) is 16.9 Å². The Hall–Kier alpha value is -1.01. The van der Waals surface area contributed by atoms with Crippen LogP contribution in [-0.2, 0) is 28.8 Å². The number of amides is 2. The molecule has 2 rings (SSSR count). The van der Waals surface area contributed by atoms with Gasteiger partial charge in [0, 0.05) is 5.25 Å². The molecule has 2 unspecified atom stereocenters. The molecule has 1 N–H and O–H groups in total. The van der Waals surface area contributed by atoms with Crippen LogP contribution in [0.1, 0.15) is 6.92 Å². The number of hydrogen-bond acceptors (Lipinski definition) is 8. The molecule has 2 aliphatic rings. The van der Waals surface area contributed by atoms with Gasteiger partial charge in [0.15, 0.2) is 0 Å². The number of oxime groups is 1. The molecule has 9 nitrogen and oxygen atoms in total. The molecule has 160 valence electrons. The molecule has 0 aromatic rings. The van der Waals surface area contributed by atoms with Crippen molar-refractivity contribution in [2.24, 2.45) is 5.16 Å². The van der Waals surface area contributed by atoms with Gasteiger partial charge in [0.05, 0.1) is 5.33 Å². The maximum atomic E-state index is 12.6. The van der Waals surface area contributed by atoms with E-state index in [9.17, 15) is 19.2 Å². The Morgan fingerprint density at radius 1 is 1.38 bits per heavy atom. The molecule has 0 aromatic carbocycles. The van der Waals surface area contributed by atoms with Crippen molar-refractivity contribution in [1.82, 2.24) is 10.2 Å². The van der Waals surface area contributed by atoms with Gasteiger partial charge in [0.1, 0.15) is 30.8 Å². The van der Waals surface area contributed by atoms with E-state index in [0.717, 1.165) is 0 Å². The fourth-order valence-electron chi connectivity index (χ4n) is 2.53. The van der Waals surface area contributed by atoms with Crippen molar-refractivity contribution in [2.45, 2.75) is 27.4 Å². The molecule has 0 aromatic heterocycles. The summed E-state index contributed by atoms with van der Waals surface area (Å²) in [6, 6.07) is -0.968. The second-order valence-corrected chi connectivity index (χ2v) is 10.4. The van der Waals surface area contributed by atoms with Gasteiger partial charge in [0.25, 0.3) is 11.8 Å². The Morgan fingerprint density at radius 3 is 2.59 bits per heavy atom. The lowest BCUT2D eigenvalue weighted by Gasteiger charge is -2.49. The smallest absolute Gasteiger partial charge is 0.354 e. The number of β-lactam (4-membered cyclic amide) rings is 1. The van der Waals surface area contributed by atoms with Crippen molar-refractivity contribution in [3.05, 3.63) is 11.8 Å². The summed E-state index contributed by atoms with van der Waals surface area (Å²) in [5.41, 5.74) is -0.490. The first-order valence-electron chi connectivity index (χ1n) is 7.95. The van der Waals surface area contributed by atoms with E-state index in [1.807, 2.05) is 0 Å². The highest BCUT2D eigenvalue weighted by Gasteiger charge is 2.54.